The molecule has 0 bridgehead atoms. The van der Waals surface area contributed by atoms with Crippen molar-refractivity contribution in [2.45, 2.75) is 31.7 Å². The zero-order valence-corrected chi connectivity index (χ0v) is 16.0. The van der Waals surface area contributed by atoms with Gasteiger partial charge in [-0.1, -0.05) is 5.11 Å². The maximum Gasteiger partial charge on any atom is 0.527 e. The number of ether oxygens (including phenoxy) is 1. The average Bonchev–Trinajstić information content (AvgIpc) is 3.06. The average molecular weight is 424 g/mol. The molecule has 0 amide bonds. The number of aryl methyl sites for hydroxylation is 1. The Morgan fingerprint density at radius 1 is 1.55 bits per heavy atom. The van der Waals surface area contributed by atoms with Gasteiger partial charge in [-0.3, -0.25) is 28.7 Å². The highest BCUT2D eigenvalue weighted by Crippen LogP contribution is 2.44. The van der Waals surface area contributed by atoms with Gasteiger partial charge in [-0.05, 0) is 24.6 Å². The van der Waals surface area contributed by atoms with Crippen LogP contribution in [0.1, 0.15) is 18.2 Å². The number of azide groups is 1. The van der Waals surface area contributed by atoms with Crippen LogP contribution in [0, 0.1) is 6.92 Å². The van der Waals surface area contributed by atoms with Crippen molar-refractivity contribution >= 4 is 7.82 Å². The van der Waals surface area contributed by atoms with Gasteiger partial charge in [0.1, 0.15) is 12.0 Å². The Kier molecular flexibility index (Phi) is 6.16. The summed E-state index contributed by atoms with van der Waals surface area (Å²) >= 11 is 0. The summed E-state index contributed by atoms with van der Waals surface area (Å²) in [5.74, 6) is 0.0328. The molecule has 0 radical (unpaired) electrons. The van der Waals surface area contributed by atoms with Gasteiger partial charge < -0.3 is 9.26 Å². The Balaban J connectivity index is 1.72. The van der Waals surface area contributed by atoms with Crippen LogP contribution in [0.3, 0.4) is 0 Å². The third-order valence-electron chi connectivity index (χ3n) is 4.12. The van der Waals surface area contributed by atoms with Crippen LogP contribution in [0.2, 0.25) is 0 Å². The van der Waals surface area contributed by atoms with Gasteiger partial charge in [-0.15, -0.1) is 0 Å². The van der Waals surface area contributed by atoms with Crippen LogP contribution in [-0.4, -0.2) is 38.2 Å². The first-order valence-corrected chi connectivity index (χ1v) is 9.87. The van der Waals surface area contributed by atoms with Crippen LogP contribution in [0.5, 0.6) is 5.75 Å². The third kappa shape index (κ3) is 5.11. The van der Waals surface area contributed by atoms with E-state index in [2.05, 4.69) is 20.0 Å². The Morgan fingerprint density at radius 3 is 3.03 bits per heavy atom. The molecule has 2 N–H and O–H groups in total. The van der Waals surface area contributed by atoms with E-state index in [1.165, 1.54) is 37.6 Å². The number of hydrogen-bond donors (Lipinski definition) is 2. The molecule has 4 atom stereocenters. The van der Waals surface area contributed by atoms with E-state index in [4.69, 9.17) is 19.3 Å². The molecule has 154 valence electrons. The smallest absolute Gasteiger partial charge is 0.402 e. The standard InChI is InChI=1S/C15H17N6O7P/c1-9-7-21(15(23)18-14(9)22)13-5-11(19-20-16)12(27-13)8-26-29(24,25)28-10-3-2-4-17-6-10/h2-4,6-7,11-13H,5,8H2,1H3,(H,24,25)(H,18,22,23)/t11-,12+,13+/m0/s1. The van der Waals surface area contributed by atoms with Gasteiger partial charge in [0, 0.05) is 29.3 Å². The number of nitrogens with zero attached hydrogens (tertiary/aromatic N) is 5. The zero-order chi connectivity index (χ0) is 21.0. The molecule has 3 rings (SSSR count). The molecular weight excluding hydrogens is 407 g/mol. The van der Waals surface area contributed by atoms with E-state index in [9.17, 15) is 19.0 Å². The summed E-state index contributed by atoms with van der Waals surface area (Å²) in [5.41, 5.74) is 7.84. The lowest BCUT2D eigenvalue weighted by Gasteiger charge is -2.18. The highest BCUT2D eigenvalue weighted by atomic mass is 31.2. The molecule has 0 aromatic carbocycles. The first-order chi connectivity index (χ1) is 13.8. The van der Waals surface area contributed by atoms with Crippen molar-refractivity contribution in [3.05, 3.63) is 67.6 Å². The summed E-state index contributed by atoms with van der Waals surface area (Å²) in [6.07, 6.45) is 2.34. The predicted octanol–water partition coefficient (Wildman–Crippen LogP) is 1.40. The van der Waals surface area contributed by atoms with Gasteiger partial charge in [0.05, 0.1) is 24.9 Å². The third-order valence-corrected chi connectivity index (χ3v) is 5.03. The number of aromatic nitrogens is 3. The molecule has 2 aromatic heterocycles. The Morgan fingerprint density at radius 2 is 2.34 bits per heavy atom. The van der Waals surface area contributed by atoms with Crippen molar-refractivity contribution in [3.8, 4) is 5.75 Å². The Bertz CT molecular complexity index is 1080. The predicted molar refractivity (Wildman–Crippen MR) is 98.2 cm³/mol. The number of nitrogens with one attached hydrogen (secondary N) is 1. The van der Waals surface area contributed by atoms with E-state index in [1.807, 2.05) is 0 Å². The molecular formula is C15H17N6O7P. The molecule has 0 saturated carbocycles. The van der Waals surface area contributed by atoms with Gasteiger partial charge in [0.2, 0.25) is 0 Å². The fourth-order valence-electron chi connectivity index (χ4n) is 2.75. The molecule has 1 aliphatic heterocycles. The van der Waals surface area contributed by atoms with E-state index in [0.717, 1.165) is 4.57 Å². The first kappa shape index (κ1) is 20.8. The number of aromatic amines is 1. The lowest BCUT2D eigenvalue weighted by atomic mass is 10.1. The zero-order valence-electron chi connectivity index (χ0n) is 15.1. The van der Waals surface area contributed by atoms with Crippen molar-refractivity contribution in [3.63, 3.8) is 0 Å². The molecule has 13 nitrogen and oxygen atoms in total. The van der Waals surface area contributed by atoms with Gasteiger partial charge in [-0.2, -0.15) is 0 Å². The fourth-order valence-corrected chi connectivity index (χ4v) is 3.51. The fraction of sp³-hybridized carbons (Fsp3) is 0.400. The SMILES string of the molecule is Cc1cn([C@H]2C[C@H](N=[N+]=[N-])[C@@H](COP(=O)(O)Oc3cccnc3)O2)c(=O)[nH]c1=O. The van der Waals surface area contributed by atoms with E-state index in [-0.39, 0.29) is 17.7 Å². The molecule has 1 fully saturated rings. The molecule has 1 saturated heterocycles. The minimum Gasteiger partial charge on any atom is -0.402 e. The number of hydrogen-bond acceptors (Lipinski definition) is 8. The minimum absolute atomic E-state index is 0.0328. The molecule has 0 spiro atoms. The van der Waals surface area contributed by atoms with Crippen LogP contribution < -0.4 is 15.8 Å². The second-order valence-electron chi connectivity index (χ2n) is 6.16. The Hall–Kier alpha value is -2.95. The number of rotatable bonds is 7. The number of phosphoric acid groups is 1. The molecule has 14 heteroatoms. The monoisotopic (exact) mass is 424 g/mol. The highest BCUT2D eigenvalue weighted by molar-refractivity contribution is 7.47. The Labute approximate surface area is 163 Å². The molecule has 3 heterocycles. The molecule has 1 unspecified atom stereocenters. The molecule has 2 aromatic rings. The first-order valence-electron chi connectivity index (χ1n) is 8.38. The van der Waals surface area contributed by atoms with Crippen LogP contribution in [0.25, 0.3) is 10.4 Å². The molecule has 29 heavy (non-hydrogen) atoms. The van der Waals surface area contributed by atoms with Crippen LogP contribution >= 0.6 is 7.82 Å². The summed E-state index contributed by atoms with van der Waals surface area (Å²) in [5, 5.41) is 3.60. The second kappa shape index (κ2) is 8.60. The highest BCUT2D eigenvalue weighted by Gasteiger charge is 2.38. The summed E-state index contributed by atoms with van der Waals surface area (Å²) in [4.78, 5) is 42.1. The number of phosphoric ester groups is 1. The van der Waals surface area contributed by atoms with Crippen LogP contribution in [-0.2, 0) is 13.8 Å². The minimum atomic E-state index is -4.50. The number of H-pyrrole nitrogens is 1. The summed E-state index contributed by atoms with van der Waals surface area (Å²) in [7, 11) is -4.50. The largest absolute Gasteiger partial charge is 0.527 e. The lowest BCUT2D eigenvalue weighted by Crippen LogP contribution is -2.33. The van der Waals surface area contributed by atoms with Crippen LogP contribution in [0.15, 0.2) is 45.4 Å². The topological polar surface area (TPSA) is 182 Å². The van der Waals surface area contributed by atoms with Gasteiger partial charge >= 0.3 is 13.5 Å². The van der Waals surface area contributed by atoms with Crippen molar-refractivity contribution in [2.75, 3.05) is 6.61 Å². The quantitative estimate of drug-likeness (QED) is 0.289. The number of pyridine rings is 1. The van der Waals surface area contributed by atoms with Crippen molar-refractivity contribution in [1.29, 1.82) is 0 Å². The van der Waals surface area contributed by atoms with Gasteiger partial charge in [-0.25, -0.2) is 9.36 Å². The van der Waals surface area contributed by atoms with Gasteiger partial charge in [0.15, 0.2) is 0 Å². The van der Waals surface area contributed by atoms with Crippen molar-refractivity contribution < 1.29 is 23.2 Å². The maximum atomic E-state index is 12.1. The van der Waals surface area contributed by atoms with E-state index in [1.54, 1.807) is 0 Å². The molecule has 0 aliphatic carbocycles. The van der Waals surface area contributed by atoms with Crippen LogP contribution in [0.4, 0.5) is 0 Å². The summed E-state index contributed by atoms with van der Waals surface area (Å²) in [6.45, 7) is 1.08. The van der Waals surface area contributed by atoms with Crippen molar-refractivity contribution in [1.82, 2.24) is 14.5 Å². The van der Waals surface area contributed by atoms with E-state index >= 15 is 0 Å². The summed E-state index contributed by atoms with van der Waals surface area (Å²) in [6, 6.07) is 2.17. The van der Waals surface area contributed by atoms with Crippen molar-refractivity contribution in [2.24, 2.45) is 5.11 Å². The maximum absolute atomic E-state index is 12.1. The normalized spacial score (nSPS) is 23.2. The van der Waals surface area contributed by atoms with E-state index in [0.29, 0.717) is 0 Å². The van der Waals surface area contributed by atoms with E-state index < -0.39 is 44.1 Å². The van der Waals surface area contributed by atoms with Gasteiger partial charge in [0.25, 0.3) is 5.56 Å². The summed E-state index contributed by atoms with van der Waals surface area (Å²) < 4.78 is 28.8. The molecule has 1 aliphatic rings. The lowest BCUT2D eigenvalue weighted by molar-refractivity contribution is -0.0264. The second-order valence-corrected chi connectivity index (χ2v) is 7.54.